The smallest absolute Gasteiger partial charge is 0.306 e. The number of hydrogen-bond donors (Lipinski definition) is 0. The fraction of sp³-hybridized carbons (Fsp3) is 0.941. The Balaban J connectivity index is 1.28. The van der Waals surface area contributed by atoms with Crippen LogP contribution in [0.25, 0.3) is 0 Å². The molecule has 0 aromatic heterocycles. The highest BCUT2D eigenvalue weighted by atomic mass is 16.5. The molecule has 3 atom stereocenters. The van der Waals surface area contributed by atoms with Gasteiger partial charge in [-0.25, -0.2) is 0 Å². The first-order valence-electron chi connectivity index (χ1n) is 8.94. The van der Waals surface area contributed by atoms with Gasteiger partial charge in [0.05, 0.1) is 13.2 Å². The zero-order valence-electron chi connectivity index (χ0n) is 13.8. The Morgan fingerprint density at radius 2 is 1.82 bits per heavy atom. The van der Waals surface area contributed by atoms with Crippen molar-refractivity contribution in [3.05, 3.63) is 0 Å². The summed E-state index contributed by atoms with van der Waals surface area (Å²) in [7, 11) is 2.21. The van der Waals surface area contributed by atoms with E-state index in [4.69, 9.17) is 9.47 Å². The molecule has 5 nitrogen and oxygen atoms in total. The van der Waals surface area contributed by atoms with E-state index in [1.54, 1.807) is 0 Å². The number of piperidine rings is 1. The topological polar surface area (TPSA) is 42.0 Å². The molecule has 3 fully saturated rings. The van der Waals surface area contributed by atoms with E-state index in [2.05, 4.69) is 16.8 Å². The van der Waals surface area contributed by atoms with Crippen LogP contribution in [0, 0.1) is 0 Å². The number of carbonyl (C=O) groups is 1. The maximum Gasteiger partial charge on any atom is 0.306 e. The molecule has 0 saturated carbocycles. The van der Waals surface area contributed by atoms with Gasteiger partial charge in [0.25, 0.3) is 0 Å². The maximum absolute atomic E-state index is 12.0. The molecule has 0 radical (unpaired) electrons. The summed E-state index contributed by atoms with van der Waals surface area (Å²) in [5, 5.41) is 0. The van der Waals surface area contributed by atoms with Crippen LogP contribution >= 0.6 is 0 Å². The number of ether oxygens (including phenoxy) is 2. The molecule has 2 bridgehead atoms. The zero-order valence-corrected chi connectivity index (χ0v) is 13.8. The van der Waals surface area contributed by atoms with Gasteiger partial charge in [-0.3, -0.25) is 9.69 Å². The lowest BCUT2D eigenvalue weighted by Gasteiger charge is -2.35. The van der Waals surface area contributed by atoms with Crippen molar-refractivity contribution in [3.63, 3.8) is 0 Å². The summed E-state index contributed by atoms with van der Waals surface area (Å²) in [6.07, 6.45) is 7.37. The lowest BCUT2D eigenvalue weighted by Crippen LogP contribution is -2.43. The van der Waals surface area contributed by atoms with Crippen LogP contribution in [-0.2, 0) is 14.3 Å². The summed E-state index contributed by atoms with van der Waals surface area (Å²) in [6.45, 7) is 4.83. The van der Waals surface area contributed by atoms with E-state index in [0.29, 0.717) is 18.5 Å². The molecule has 3 aliphatic rings. The average Bonchev–Trinajstić information content (AvgIpc) is 2.75. The summed E-state index contributed by atoms with van der Waals surface area (Å²) >= 11 is 0. The molecule has 0 N–H and O–H groups in total. The average molecular weight is 310 g/mol. The number of unbranched alkanes of at least 4 members (excludes halogenated alkanes) is 1. The Bertz CT molecular complexity index is 357. The van der Waals surface area contributed by atoms with Crippen LogP contribution in [0.3, 0.4) is 0 Å². The first-order valence-corrected chi connectivity index (χ1v) is 8.94. The lowest BCUT2D eigenvalue weighted by molar-refractivity contribution is -0.152. The second kappa shape index (κ2) is 7.75. The van der Waals surface area contributed by atoms with Gasteiger partial charge < -0.3 is 14.4 Å². The minimum atomic E-state index is 0.0101. The number of hydrogen-bond acceptors (Lipinski definition) is 5. The van der Waals surface area contributed by atoms with Gasteiger partial charge in [0, 0.05) is 31.6 Å². The van der Waals surface area contributed by atoms with Crippen LogP contribution in [-0.4, -0.2) is 73.9 Å². The first kappa shape index (κ1) is 16.2. The molecule has 3 saturated heterocycles. The number of carbonyl (C=O) groups excluding carboxylic acids is 1. The van der Waals surface area contributed by atoms with Gasteiger partial charge in [0.1, 0.15) is 6.10 Å². The largest absolute Gasteiger partial charge is 0.462 e. The van der Waals surface area contributed by atoms with Crippen LogP contribution in [0.1, 0.15) is 44.9 Å². The number of morpholine rings is 1. The number of rotatable bonds is 6. The first-order chi connectivity index (χ1) is 10.7. The number of esters is 1. The van der Waals surface area contributed by atoms with Gasteiger partial charge >= 0.3 is 5.97 Å². The van der Waals surface area contributed by atoms with Crippen molar-refractivity contribution in [3.8, 4) is 0 Å². The Morgan fingerprint density at radius 1 is 1.14 bits per heavy atom. The van der Waals surface area contributed by atoms with Gasteiger partial charge in [-0.1, -0.05) is 0 Å². The highest BCUT2D eigenvalue weighted by Crippen LogP contribution is 2.35. The minimum Gasteiger partial charge on any atom is -0.462 e. The van der Waals surface area contributed by atoms with E-state index in [9.17, 15) is 4.79 Å². The third-order valence-electron chi connectivity index (χ3n) is 5.56. The predicted octanol–water partition coefficient (Wildman–Crippen LogP) is 1.66. The molecule has 3 heterocycles. The highest BCUT2D eigenvalue weighted by molar-refractivity contribution is 5.69. The molecule has 3 aliphatic heterocycles. The molecule has 0 aromatic rings. The summed E-state index contributed by atoms with van der Waals surface area (Å²) in [6, 6.07) is 1.27. The van der Waals surface area contributed by atoms with Gasteiger partial charge in [-0.15, -0.1) is 0 Å². The summed E-state index contributed by atoms with van der Waals surface area (Å²) < 4.78 is 11.1. The van der Waals surface area contributed by atoms with Crippen molar-refractivity contribution in [1.29, 1.82) is 0 Å². The SMILES string of the molecule is CN1[C@@H]2CC[C@H]1CC(OC(=O)CCCCN1CCOCC1)C2. The van der Waals surface area contributed by atoms with E-state index in [1.807, 2.05) is 0 Å². The van der Waals surface area contributed by atoms with Crippen molar-refractivity contribution in [1.82, 2.24) is 9.80 Å². The summed E-state index contributed by atoms with van der Waals surface area (Å²) in [5.41, 5.74) is 0. The van der Waals surface area contributed by atoms with Crippen molar-refractivity contribution in [2.75, 3.05) is 39.9 Å². The number of nitrogens with zero attached hydrogens (tertiary/aromatic N) is 2. The second-order valence-electron chi connectivity index (χ2n) is 7.04. The highest BCUT2D eigenvalue weighted by Gasteiger charge is 2.39. The van der Waals surface area contributed by atoms with Crippen LogP contribution < -0.4 is 0 Å². The number of fused-ring (bicyclic) bond motifs is 2. The Hall–Kier alpha value is -0.650. The van der Waals surface area contributed by atoms with E-state index in [0.717, 1.165) is 58.5 Å². The maximum atomic E-state index is 12.0. The molecular weight excluding hydrogens is 280 g/mol. The van der Waals surface area contributed by atoms with Crippen molar-refractivity contribution < 1.29 is 14.3 Å². The fourth-order valence-corrected chi connectivity index (χ4v) is 4.13. The third kappa shape index (κ3) is 4.21. The predicted molar refractivity (Wildman–Crippen MR) is 84.8 cm³/mol. The summed E-state index contributed by atoms with van der Waals surface area (Å²) in [4.78, 5) is 16.9. The molecule has 0 aromatic carbocycles. The normalized spacial score (nSPS) is 33.0. The van der Waals surface area contributed by atoms with Crippen molar-refractivity contribution in [2.24, 2.45) is 0 Å². The molecule has 22 heavy (non-hydrogen) atoms. The van der Waals surface area contributed by atoms with Crippen molar-refractivity contribution in [2.45, 2.75) is 63.1 Å². The molecular formula is C17H30N2O3. The second-order valence-corrected chi connectivity index (χ2v) is 7.04. The van der Waals surface area contributed by atoms with E-state index >= 15 is 0 Å². The standard InChI is InChI=1S/C17H30N2O3/c1-18-14-5-6-15(18)13-16(12-14)22-17(20)4-2-3-7-19-8-10-21-11-9-19/h14-16H,2-13H2,1H3/t14-,15+,16?. The quantitative estimate of drug-likeness (QED) is 0.551. The van der Waals surface area contributed by atoms with Gasteiger partial charge in [-0.05, 0) is 52.1 Å². The molecule has 0 spiro atoms. The molecule has 126 valence electrons. The minimum absolute atomic E-state index is 0.0101. The zero-order chi connectivity index (χ0) is 15.4. The van der Waals surface area contributed by atoms with Crippen LogP contribution in [0.5, 0.6) is 0 Å². The van der Waals surface area contributed by atoms with Gasteiger partial charge in [0.15, 0.2) is 0 Å². The molecule has 1 unspecified atom stereocenters. The van der Waals surface area contributed by atoms with E-state index < -0.39 is 0 Å². The molecule has 0 aliphatic carbocycles. The monoisotopic (exact) mass is 310 g/mol. The Kier molecular flexibility index (Phi) is 5.71. The fourth-order valence-electron chi connectivity index (χ4n) is 4.13. The summed E-state index contributed by atoms with van der Waals surface area (Å²) in [5.74, 6) is 0.0101. The van der Waals surface area contributed by atoms with Crippen LogP contribution in [0.15, 0.2) is 0 Å². The van der Waals surface area contributed by atoms with Crippen LogP contribution in [0.2, 0.25) is 0 Å². The Labute approximate surface area is 133 Å². The van der Waals surface area contributed by atoms with Crippen molar-refractivity contribution >= 4 is 5.97 Å². The van der Waals surface area contributed by atoms with E-state index in [-0.39, 0.29) is 12.1 Å². The molecule has 5 heteroatoms. The lowest BCUT2D eigenvalue weighted by atomic mass is 10.0. The molecule has 3 rings (SSSR count). The van der Waals surface area contributed by atoms with Crippen LogP contribution in [0.4, 0.5) is 0 Å². The Morgan fingerprint density at radius 3 is 2.50 bits per heavy atom. The van der Waals surface area contributed by atoms with Gasteiger partial charge in [-0.2, -0.15) is 0 Å². The molecule has 0 amide bonds. The van der Waals surface area contributed by atoms with E-state index in [1.165, 1.54) is 12.8 Å². The van der Waals surface area contributed by atoms with Gasteiger partial charge in [0.2, 0.25) is 0 Å². The third-order valence-corrected chi connectivity index (χ3v) is 5.56.